The molecule has 0 aliphatic heterocycles. The van der Waals surface area contributed by atoms with Crippen LogP contribution in [0.4, 0.5) is 13.2 Å². The molecule has 1 unspecified atom stereocenters. The molecule has 0 aromatic heterocycles. The van der Waals surface area contributed by atoms with Gasteiger partial charge in [-0.25, -0.2) is 0 Å². The van der Waals surface area contributed by atoms with Crippen molar-refractivity contribution in [2.75, 3.05) is 0 Å². The van der Waals surface area contributed by atoms with Crippen molar-refractivity contribution in [3.05, 3.63) is 32.4 Å². The summed E-state index contributed by atoms with van der Waals surface area (Å²) in [5, 5.41) is 2.66. The lowest BCUT2D eigenvalue weighted by atomic mass is 10.1. The van der Waals surface area contributed by atoms with E-state index in [1.807, 2.05) is 22.6 Å². The molecule has 0 spiro atoms. The van der Waals surface area contributed by atoms with E-state index >= 15 is 0 Å². The first-order chi connectivity index (χ1) is 8.19. The first kappa shape index (κ1) is 15.6. The van der Waals surface area contributed by atoms with Crippen LogP contribution in [0.25, 0.3) is 0 Å². The zero-order valence-corrected chi connectivity index (χ0v) is 12.2. The first-order valence-electron chi connectivity index (χ1n) is 5.01. The van der Waals surface area contributed by atoms with Crippen LogP contribution in [0.15, 0.2) is 18.2 Å². The average molecular weight is 392 g/mol. The third kappa shape index (κ3) is 5.01. The maximum Gasteiger partial charge on any atom is 0.391 e. The molecule has 1 rings (SSSR count). The van der Waals surface area contributed by atoms with Crippen LogP contribution in [0, 0.1) is 3.57 Å². The molecule has 1 aromatic rings. The molecule has 0 heterocycles. The molecule has 1 amide bonds. The molecule has 0 aliphatic rings. The SMILES string of the molecule is CC(CC(F)(F)F)NC(=O)c1cc(Cl)ccc1I. The van der Waals surface area contributed by atoms with Gasteiger partial charge in [0.15, 0.2) is 0 Å². The largest absolute Gasteiger partial charge is 0.391 e. The predicted octanol–water partition coefficient (Wildman–Crippen LogP) is 4.02. The van der Waals surface area contributed by atoms with Crippen LogP contribution in [-0.4, -0.2) is 18.1 Å². The Morgan fingerprint density at radius 2 is 2.11 bits per heavy atom. The predicted molar refractivity (Wildman–Crippen MR) is 71.8 cm³/mol. The van der Waals surface area contributed by atoms with Crippen LogP contribution in [0.2, 0.25) is 5.02 Å². The van der Waals surface area contributed by atoms with Crippen molar-refractivity contribution in [3.63, 3.8) is 0 Å². The summed E-state index contributed by atoms with van der Waals surface area (Å²) in [7, 11) is 0. The molecule has 100 valence electrons. The van der Waals surface area contributed by atoms with Crippen LogP contribution in [0.3, 0.4) is 0 Å². The van der Waals surface area contributed by atoms with Gasteiger partial charge in [-0.2, -0.15) is 13.2 Å². The van der Waals surface area contributed by atoms with E-state index in [4.69, 9.17) is 11.6 Å². The van der Waals surface area contributed by atoms with E-state index in [0.717, 1.165) is 0 Å². The molecule has 0 radical (unpaired) electrons. The second-order valence-electron chi connectivity index (χ2n) is 3.82. The monoisotopic (exact) mass is 391 g/mol. The van der Waals surface area contributed by atoms with Crippen LogP contribution < -0.4 is 5.32 Å². The Labute approximate surface area is 121 Å². The molecule has 0 saturated carbocycles. The number of benzene rings is 1. The summed E-state index contributed by atoms with van der Waals surface area (Å²) in [6.07, 6.45) is -5.36. The molecule has 0 saturated heterocycles. The maximum absolute atomic E-state index is 12.1. The molecular formula is C11H10ClF3INO. The number of carbonyl (C=O) groups excluding carboxylic acids is 1. The highest BCUT2D eigenvalue weighted by molar-refractivity contribution is 14.1. The Bertz CT molecular complexity index is 450. The van der Waals surface area contributed by atoms with Gasteiger partial charge in [-0.1, -0.05) is 11.6 Å². The van der Waals surface area contributed by atoms with Gasteiger partial charge in [-0.15, -0.1) is 0 Å². The van der Waals surface area contributed by atoms with Gasteiger partial charge in [0.1, 0.15) is 0 Å². The first-order valence-corrected chi connectivity index (χ1v) is 6.47. The van der Waals surface area contributed by atoms with Crippen molar-refractivity contribution < 1.29 is 18.0 Å². The lowest BCUT2D eigenvalue weighted by molar-refractivity contribution is -0.138. The molecule has 0 aliphatic carbocycles. The Hall–Kier alpha value is -0.500. The van der Waals surface area contributed by atoms with E-state index < -0.39 is 24.5 Å². The number of amides is 1. The number of hydrogen-bond donors (Lipinski definition) is 1. The van der Waals surface area contributed by atoms with Gasteiger partial charge in [-0.3, -0.25) is 4.79 Å². The fraction of sp³-hybridized carbons (Fsp3) is 0.364. The van der Waals surface area contributed by atoms with E-state index in [9.17, 15) is 18.0 Å². The molecule has 0 bridgehead atoms. The quantitative estimate of drug-likeness (QED) is 0.775. The van der Waals surface area contributed by atoms with Crippen LogP contribution in [-0.2, 0) is 0 Å². The number of carbonyl (C=O) groups is 1. The summed E-state index contributed by atoms with van der Waals surface area (Å²) in [5.41, 5.74) is 0.275. The second kappa shape index (κ2) is 6.10. The van der Waals surface area contributed by atoms with E-state index in [-0.39, 0.29) is 5.56 Å². The van der Waals surface area contributed by atoms with E-state index in [1.54, 1.807) is 12.1 Å². The van der Waals surface area contributed by atoms with Crippen molar-refractivity contribution in [1.29, 1.82) is 0 Å². The molecule has 1 aromatic carbocycles. The minimum Gasteiger partial charge on any atom is -0.349 e. The Morgan fingerprint density at radius 1 is 1.50 bits per heavy atom. The summed E-state index contributed by atoms with van der Waals surface area (Å²) < 4.78 is 37.0. The van der Waals surface area contributed by atoms with Crippen molar-refractivity contribution in [2.24, 2.45) is 0 Å². The Morgan fingerprint density at radius 3 is 2.67 bits per heavy atom. The highest BCUT2D eigenvalue weighted by Gasteiger charge is 2.30. The van der Waals surface area contributed by atoms with E-state index in [0.29, 0.717) is 8.59 Å². The van der Waals surface area contributed by atoms with Crippen LogP contribution in [0.1, 0.15) is 23.7 Å². The minimum absolute atomic E-state index is 0.275. The van der Waals surface area contributed by atoms with E-state index in [2.05, 4.69) is 5.32 Å². The van der Waals surface area contributed by atoms with Gasteiger partial charge in [-0.05, 0) is 47.7 Å². The van der Waals surface area contributed by atoms with Gasteiger partial charge in [0.05, 0.1) is 12.0 Å². The fourth-order valence-corrected chi connectivity index (χ4v) is 2.12. The highest BCUT2D eigenvalue weighted by atomic mass is 127. The van der Waals surface area contributed by atoms with Crippen molar-refractivity contribution >= 4 is 40.1 Å². The van der Waals surface area contributed by atoms with Gasteiger partial charge in [0, 0.05) is 14.6 Å². The van der Waals surface area contributed by atoms with Crippen molar-refractivity contribution in [2.45, 2.75) is 25.6 Å². The Balaban J connectivity index is 2.74. The summed E-state index contributed by atoms with van der Waals surface area (Å²) in [5.74, 6) is -0.557. The molecule has 1 N–H and O–H groups in total. The lowest BCUT2D eigenvalue weighted by Gasteiger charge is -2.16. The number of alkyl halides is 3. The third-order valence-corrected chi connectivity index (χ3v) is 3.26. The van der Waals surface area contributed by atoms with Crippen LogP contribution in [0.5, 0.6) is 0 Å². The summed E-state index contributed by atoms with van der Waals surface area (Å²) >= 11 is 7.67. The molecule has 0 fully saturated rings. The minimum atomic E-state index is -4.30. The van der Waals surface area contributed by atoms with Gasteiger partial charge >= 0.3 is 6.18 Å². The summed E-state index contributed by atoms with van der Waals surface area (Å²) in [6.45, 7) is 1.31. The van der Waals surface area contributed by atoms with Gasteiger partial charge < -0.3 is 5.32 Å². The van der Waals surface area contributed by atoms with E-state index in [1.165, 1.54) is 13.0 Å². The van der Waals surface area contributed by atoms with Crippen molar-refractivity contribution in [1.82, 2.24) is 5.32 Å². The normalized spacial score (nSPS) is 13.2. The number of nitrogens with one attached hydrogen (secondary N) is 1. The molecule has 7 heteroatoms. The maximum atomic E-state index is 12.1. The van der Waals surface area contributed by atoms with Gasteiger partial charge in [0.2, 0.25) is 0 Å². The number of halogens is 5. The summed E-state index contributed by atoms with van der Waals surface area (Å²) in [4.78, 5) is 11.8. The molecule has 1 atom stereocenters. The third-order valence-electron chi connectivity index (χ3n) is 2.09. The average Bonchev–Trinajstić information content (AvgIpc) is 2.18. The molecule has 18 heavy (non-hydrogen) atoms. The second-order valence-corrected chi connectivity index (χ2v) is 5.42. The lowest BCUT2D eigenvalue weighted by Crippen LogP contribution is -2.36. The zero-order chi connectivity index (χ0) is 13.9. The zero-order valence-electron chi connectivity index (χ0n) is 9.31. The Kier molecular flexibility index (Phi) is 5.27. The standard InChI is InChI=1S/C11H10ClF3INO/c1-6(5-11(13,14)15)17-10(18)8-4-7(12)2-3-9(8)16/h2-4,6H,5H2,1H3,(H,17,18). The number of rotatable bonds is 3. The van der Waals surface area contributed by atoms with Crippen LogP contribution >= 0.6 is 34.2 Å². The molecular weight excluding hydrogens is 381 g/mol. The van der Waals surface area contributed by atoms with Crippen molar-refractivity contribution in [3.8, 4) is 0 Å². The molecule has 2 nitrogen and oxygen atoms in total. The van der Waals surface area contributed by atoms with Gasteiger partial charge in [0.25, 0.3) is 5.91 Å². The summed E-state index contributed by atoms with van der Waals surface area (Å²) in [6, 6.07) is 3.69. The fourth-order valence-electron chi connectivity index (χ4n) is 1.37. The number of hydrogen-bond acceptors (Lipinski definition) is 1. The topological polar surface area (TPSA) is 29.1 Å². The smallest absolute Gasteiger partial charge is 0.349 e. The highest BCUT2D eigenvalue weighted by Crippen LogP contribution is 2.22.